The maximum atomic E-state index is 9.30. The molecule has 0 spiro atoms. The number of aryl methyl sites for hydroxylation is 1. The third-order valence-corrected chi connectivity index (χ3v) is 2.47. The van der Waals surface area contributed by atoms with E-state index in [9.17, 15) is 5.11 Å². The number of hydrogen-bond acceptors (Lipinski definition) is 3. The van der Waals surface area contributed by atoms with Gasteiger partial charge in [0.15, 0.2) is 0 Å². The Bertz CT molecular complexity index is 289. The van der Waals surface area contributed by atoms with Crippen LogP contribution in [-0.4, -0.2) is 31.9 Å². The van der Waals surface area contributed by atoms with Crippen molar-refractivity contribution < 1.29 is 9.84 Å². The fraction of sp³-hybridized carbons (Fsp3) is 0.500. The van der Waals surface area contributed by atoms with Gasteiger partial charge in [0, 0.05) is 13.2 Å². The van der Waals surface area contributed by atoms with E-state index < -0.39 is 0 Å². The molecule has 1 rings (SSSR count). The summed E-state index contributed by atoms with van der Waals surface area (Å²) in [6.45, 7) is 0.718. The molecular formula is C12H19NO2. The maximum Gasteiger partial charge on any atom is 0.115 e. The Morgan fingerprint density at radius 2 is 2.27 bits per heavy atom. The summed E-state index contributed by atoms with van der Waals surface area (Å²) in [5, 5.41) is 12.5. The number of ether oxygens (including phenoxy) is 1. The molecule has 0 fully saturated rings. The van der Waals surface area contributed by atoms with E-state index >= 15 is 0 Å². The van der Waals surface area contributed by atoms with Crippen LogP contribution in [0.2, 0.25) is 0 Å². The third kappa shape index (κ3) is 4.32. The van der Waals surface area contributed by atoms with Gasteiger partial charge in [0.2, 0.25) is 0 Å². The zero-order chi connectivity index (χ0) is 11.1. The highest BCUT2D eigenvalue weighted by atomic mass is 16.5. The standard InChI is InChI=1S/C12H19NO2/c1-13-11(9-15-2)7-6-10-4-3-5-12(14)8-10/h3-5,8,11,13-14H,6-7,9H2,1-2H3. The van der Waals surface area contributed by atoms with Crippen molar-refractivity contribution in [2.75, 3.05) is 20.8 Å². The van der Waals surface area contributed by atoms with E-state index in [0.29, 0.717) is 11.8 Å². The largest absolute Gasteiger partial charge is 0.508 e. The molecular weight excluding hydrogens is 190 g/mol. The van der Waals surface area contributed by atoms with Crippen LogP contribution in [0.4, 0.5) is 0 Å². The Morgan fingerprint density at radius 1 is 1.47 bits per heavy atom. The quantitative estimate of drug-likeness (QED) is 0.747. The average molecular weight is 209 g/mol. The van der Waals surface area contributed by atoms with Gasteiger partial charge in [-0.3, -0.25) is 0 Å². The van der Waals surface area contributed by atoms with Gasteiger partial charge in [-0.1, -0.05) is 12.1 Å². The minimum atomic E-state index is 0.334. The van der Waals surface area contributed by atoms with E-state index in [2.05, 4.69) is 5.32 Å². The van der Waals surface area contributed by atoms with Crippen molar-refractivity contribution in [3.05, 3.63) is 29.8 Å². The average Bonchev–Trinajstić information content (AvgIpc) is 2.24. The number of benzene rings is 1. The van der Waals surface area contributed by atoms with Crippen molar-refractivity contribution >= 4 is 0 Å². The molecule has 0 bridgehead atoms. The molecule has 15 heavy (non-hydrogen) atoms. The van der Waals surface area contributed by atoms with Crippen molar-refractivity contribution in [1.82, 2.24) is 5.32 Å². The van der Waals surface area contributed by atoms with Crippen molar-refractivity contribution in [2.45, 2.75) is 18.9 Å². The second-order valence-electron chi connectivity index (χ2n) is 3.65. The molecule has 3 heteroatoms. The van der Waals surface area contributed by atoms with Gasteiger partial charge in [-0.15, -0.1) is 0 Å². The Kier molecular flexibility index (Phi) is 5.15. The smallest absolute Gasteiger partial charge is 0.115 e. The highest BCUT2D eigenvalue weighted by molar-refractivity contribution is 5.27. The molecule has 0 radical (unpaired) electrons. The molecule has 0 saturated carbocycles. The molecule has 0 saturated heterocycles. The van der Waals surface area contributed by atoms with E-state index in [4.69, 9.17) is 4.74 Å². The Balaban J connectivity index is 2.41. The van der Waals surface area contributed by atoms with Crippen molar-refractivity contribution in [3.8, 4) is 5.75 Å². The molecule has 2 N–H and O–H groups in total. The van der Waals surface area contributed by atoms with Gasteiger partial charge in [-0.2, -0.15) is 0 Å². The van der Waals surface area contributed by atoms with Gasteiger partial charge in [0.25, 0.3) is 0 Å². The van der Waals surface area contributed by atoms with Crippen molar-refractivity contribution in [3.63, 3.8) is 0 Å². The highest BCUT2D eigenvalue weighted by Crippen LogP contribution is 2.13. The summed E-state index contributed by atoms with van der Waals surface area (Å²) in [6.07, 6.45) is 1.96. The second kappa shape index (κ2) is 6.43. The van der Waals surface area contributed by atoms with Gasteiger partial charge >= 0.3 is 0 Å². The van der Waals surface area contributed by atoms with Crippen molar-refractivity contribution in [1.29, 1.82) is 0 Å². The molecule has 1 unspecified atom stereocenters. The van der Waals surface area contributed by atoms with Crippen LogP contribution in [0.1, 0.15) is 12.0 Å². The lowest BCUT2D eigenvalue weighted by atomic mass is 10.1. The zero-order valence-corrected chi connectivity index (χ0v) is 9.36. The first-order valence-corrected chi connectivity index (χ1v) is 5.20. The zero-order valence-electron chi connectivity index (χ0n) is 9.36. The molecule has 1 atom stereocenters. The van der Waals surface area contributed by atoms with Crippen LogP contribution >= 0.6 is 0 Å². The minimum absolute atomic E-state index is 0.334. The first-order valence-electron chi connectivity index (χ1n) is 5.20. The number of hydrogen-bond donors (Lipinski definition) is 2. The number of nitrogens with one attached hydrogen (secondary N) is 1. The lowest BCUT2D eigenvalue weighted by Gasteiger charge is -2.14. The molecule has 3 nitrogen and oxygen atoms in total. The molecule has 1 aromatic carbocycles. The summed E-state index contributed by atoms with van der Waals surface area (Å²) in [6, 6.07) is 7.76. The number of phenols is 1. The summed E-state index contributed by atoms with van der Waals surface area (Å²) in [5.41, 5.74) is 1.16. The van der Waals surface area contributed by atoms with Gasteiger partial charge in [-0.25, -0.2) is 0 Å². The number of likely N-dealkylation sites (N-methyl/N-ethyl adjacent to an activating group) is 1. The predicted molar refractivity (Wildman–Crippen MR) is 61.2 cm³/mol. The first-order chi connectivity index (χ1) is 7.26. The lowest BCUT2D eigenvalue weighted by molar-refractivity contribution is 0.166. The van der Waals surface area contributed by atoms with E-state index in [0.717, 1.165) is 25.0 Å². The summed E-state index contributed by atoms with van der Waals surface area (Å²) in [7, 11) is 3.64. The molecule has 84 valence electrons. The van der Waals surface area contributed by atoms with Crippen LogP contribution in [-0.2, 0) is 11.2 Å². The maximum absolute atomic E-state index is 9.30. The van der Waals surface area contributed by atoms with Crippen molar-refractivity contribution in [2.24, 2.45) is 0 Å². The Labute approximate surface area is 91.1 Å². The second-order valence-corrected chi connectivity index (χ2v) is 3.65. The molecule has 0 amide bonds. The first kappa shape index (κ1) is 12.0. The number of aromatic hydroxyl groups is 1. The number of phenolic OH excluding ortho intramolecular Hbond substituents is 1. The van der Waals surface area contributed by atoms with Gasteiger partial charge in [-0.05, 0) is 37.6 Å². The van der Waals surface area contributed by atoms with Crippen LogP contribution in [0.3, 0.4) is 0 Å². The molecule has 0 heterocycles. The molecule has 0 aromatic heterocycles. The molecule has 0 aliphatic rings. The highest BCUT2D eigenvalue weighted by Gasteiger charge is 2.05. The third-order valence-electron chi connectivity index (χ3n) is 2.47. The minimum Gasteiger partial charge on any atom is -0.508 e. The predicted octanol–water partition coefficient (Wildman–Crippen LogP) is 1.56. The molecule has 0 aliphatic heterocycles. The molecule has 1 aromatic rings. The van der Waals surface area contributed by atoms with E-state index in [1.165, 1.54) is 0 Å². The summed E-state index contributed by atoms with van der Waals surface area (Å²) < 4.78 is 5.10. The molecule has 0 aliphatic carbocycles. The Morgan fingerprint density at radius 3 is 2.87 bits per heavy atom. The van der Waals surface area contributed by atoms with E-state index in [1.807, 2.05) is 19.2 Å². The SMILES string of the molecule is CNC(CCc1cccc(O)c1)COC. The van der Waals surface area contributed by atoms with Gasteiger partial charge in [0.05, 0.1) is 6.61 Å². The van der Waals surface area contributed by atoms with Crippen LogP contribution in [0.15, 0.2) is 24.3 Å². The van der Waals surface area contributed by atoms with Gasteiger partial charge in [0.1, 0.15) is 5.75 Å². The van der Waals surface area contributed by atoms with Crippen LogP contribution in [0.25, 0.3) is 0 Å². The normalized spacial score (nSPS) is 12.7. The van der Waals surface area contributed by atoms with Gasteiger partial charge < -0.3 is 15.2 Å². The van der Waals surface area contributed by atoms with Crippen LogP contribution in [0.5, 0.6) is 5.75 Å². The fourth-order valence-electron chi connectivity index (χ4n) is 1.57. The monoisotopic (exact) mass is 209 g/mol. The summed E-state index contributed by atoms with van der Waals surface area (Å²) >= 11 is 0. The Hall–Kier alpha value is -1.06. The summed E-state index contributed by atoms with van der Waals surface area (Å²) in [4.78, 5) is 0. The fourth-order valence-corrected chi connectivity index (χ4v) is 1.57. The lowest BCUT2D eigenvalue weighted by Crippen LogP contribution is -2.30. The van der Waals surface area contributed by atoms with Crippen LogP contribution in [0, 0.1) is 0 Å². The van der Waals surface area contributed by atoms with Crippen LogP contribution < -0.4 is 5.32 Å². The van der Waals surface area contributed by atoms with E-state index in [1.54, 1.807) is 19.2 Å². The number of methoxy groups -OCH3 is 1. The topological polar surface area (TPSA) is 41.5 Å². The van der Waals surface area contributed by atoms with E-state index in [-0.39, 0.29) is 0 Å². The number of rotatable bonds is 6. The summed E-state index contributed by atoms with van der Waals surface area (Å²) in [5.74, 6) is 0.334.